The first-order chi connectivity index (χ1) is 16.4. The second-order valence-corrected chi connectivity index (χ2v) is 8.85. The minimum absolute atomic E-state index is 0.214. The zero-order valence-electron chi connectivity index (χ0n) is 19.4. The topological polar surface area (TPSA) is 148 Å². The standard InChI is InChI=1S/C19H23N7O2.C4H8O2/c27-19(21-13-2-3-13)24-16-10-20-25-17(16)18-22-14-4-1-12(9-15(14)23-18)11-26-5-7-28-8-6-26;1-3(2)4(5)6/h1,4,9-10,13H,2-3,5-8,11H2,(H,20,25)(H,22,23)(H2,21,24,27);3H,1-2H3,(H,5,6). The van der Waals surface area contributed by atoms with Crippen LogP contribution >= 0.6 is 0 Å². The number of nitrogens with one attached hydrogen (secondary N) is 4. The molecule has 0 spiro atoms. The molecule has 1 saturated heterocycles. The Hall–Kier alpha value is -3.44. The third-order valence-electron chi connectivity index (χ3n) is 5.59. The number of carboxylic acid groups (broad SMARTS) is 1. The van der Waals surface area contributed by atoms with Crippen LogP contribution < -0.4 is 10.6 Å². The summed E-state index contributed by atoms with van der Waals surface area (Å²) in [6, 6.07) is 6.34. The molecule has 182 valence electrons. The smallest absolute Gasteiger partial charge is 0.319 e. The number of benzene rings is 1. The number of H-pyrrole nitrogens is 2. The summed E-state index contributed by atoms with van der Waals surface area (Å²) in [4.78, 5) is 32.1. The Bertz CT molecular complexity index is 1130. The predicted molar refractivity (Wildman–Crippen MR) is 127 cm³/mol. The molecule has 1 aliphatic carbocycles. The number of fused-ring (bicyclic) bond motifs is 1. The number of urea groups is 1. The zero-order valence-corrected chi connectivity index (χ0v) is 19.4. The van der Waals surface area contributed by atoms with Crippen molar-refractivity contribution in [2.75, 3.05) is 31.6 Å². The normalized spacial score (nSPS) is 16.2. The van der Waals surface area contributed by atoms with Crippen LogP contribution in [0.3, 0.4) is 0 Å². The third kappa shape index (κ3) is 6.33. The van der Waals surface area contributed by atoms with Gasteiger partial charge in [-0.2, -0.15) is 5.10 Å². The van der Waals surface area contributed by atoms with E-state index in [4.69, 9.17) is 9.84 Å². The summed E-state index contributed by atoms with van der Waals surface area (Å²) < 4.78 is 5.41. The Morgan fingerprint density at radius 2 is 2.00 bits per heavy atom. The lowest BCUT2D eigenvalue weighted by molar-refractivity contribution is -0.140. The molecule has 5 rings (SSSR count). The number of carboxylic acids is 1. The number of hydrogen-bond donors (Lipinski definition) is 5. The van der Waals surface area contributed by atoms with Gasteiger partial charge in [0.25, 0.3) is 0 Å². The molecule has 0 unspecified atom stereocenters. The average molecular weight is 470 g/mol. The molecule has 3 aromatic rings. The van der Waals surface area contributed by atoms with Gasteiger partial charge in [0.2, 0.25) is 0 Å². The fourth-order valence-electron chi connectivity index (χ4n) is 3.42. The highest BCUT2D eigenvalue weighted by Crippen LogP contribution is 2.26. The number of aliphatic carboxylic acids is 1. The quantitative estimate of drug-likeness (QED) is 0.373. The van der Waals surface area contributed by atoms with Crippen molar-refractivity contribution in [2.24, 2.45) is 5.92 Å². The van der Waals surface area contributed by atoms with Crippen LogP contribution in [0.4, 0.5) is 10.5 Å². The lowest BCUT2D eigenvalue weighted by Crippen LogP contribution is -2.35. The lowest BCUT2D eigenvalue weighted by atomic mass is 10.2. The minimum Gasteiger partial charge on any atom is -0.481 e. The SMILES string of the molecule is CC(C)C(=O)O.O=C(Nc1cn[nH]c1-c1nc2ccc(CN3CCOCC3)cc2[nH]1)NC1CC1. The van der Waals surface area contributed by atoms with Gasteiger partial charge in [0.15, 0.2) is 5.82 Å². The van der Waals surface area contributed by atoms with Gasteiger partial charge in [-0.15, -0.1) is 0 Å². The fourth-order valence-corrected chi connectivity index (χ4v) is 3.42. The summed E-state index contributed by atoms with van der Waals surface area (Å²) in [6.07, 6.45) is 3.68. The Labute approximate surface area is 197 Å². The van der Waals surface area contributed by atoms with E-state index in [-0.39, 0.29) is 11.9 Å². The van der Waals surface area contributed by atoms with E-state index in [1.165, 1.54) is 5.56 Å². The van der Waals surface area contributed by atoms with Crippen LogP contribution in [-0.2, 0) is 16.1 Å². The number of aromatic nitrogens is 4. The lowest BCUT2D eigenvalue weighted by Gasteiger charge is -2.26. The molecule has 11 nitrogen and oxygen atoms in total. The van der Waals surface area contributed by atoms with Gasteiger partial charge in [-0.1, -0.05) is 19.9 Å². The van der Waals surface area contributed by atoms with Crippen LogP contribution in [0.1, 0.15) is 32.3 Å². The highest BCUT2D eigenvalue weighted by atomic mass is 16.5. The first kappa shape index (κ1) is 23.7. The van der Waals surface area contributed by atoms with E-state index in [2.05, 4.69) is 47.8 Å². The zero-order chi connectivity index (χ0) is 24.1. The molecule has 0 bridgehead atoms. The van der Waals surface area contributed by atoms with Crippen molar-refractivity contribution in [3.05, 3.63) is 30.0 Å². The highest BCUT2D eigenvalue weighted by Gasteiger charge is 2.24. The third-order valence-corrected chi connectivity index (χ3v) is 5.59. The Morgan fingerprint density at radius 1 is 1.26 bits per heavy atom. The molecule has 2 aliphatic rings. The van der Waals surface area contributed by atoms with Crippen molar-refractivity contribution in [2.45, 2.75) is 39.3 Å². The summed E-state index contributed by atoms with van der Waals surface area (Å²) in [5.41, 5.74) is 4.34. The minimum atomic E-state index is -0.741. The number of carbonyl (C=O) groups excluding carboxylic acids is 1. The van der Waals surface area contributed by atoms with E-state index in [0.717, 1.165) is 56.7 Å². The number of imidazole rings is 1. The van der Waals surface area contributed by atoms with Crippen molar-refractivity contribution >= 4 is 28.7 Å². The molecule has 2 fully saturated rings. The number of ether oxygens (including phenoxy) is 1. The van der Waals surface area contributed by atoms with E-state index >= 15 is 0 Å². The maximum atomic E-state index is 12.0. The van der Waals surface area contributed by atoms with Gasteiger partial charge in [0, 0.05) is 25.7 Å². The Balaban J connectivity index is 0.000000408. The van der Waals surface area contributed by atoms with Gasteiger partial charge < -0.3 is 25.5 Å². The maximum absolute atomic E-state index is 12.0. The van der Waals surface area contributed by atoms with Gasteiger partial charge in [-0.3, -0.25) is 14.8 Å². The number of morpholine rings is 1. The Kier molecular flexibility index (Phi) is 7.43. The maximum Gasteiger partial charge on any atom is 0.319 e. The fraction of sp³-hybridized carbons (Fsp3) is 0.478. The summed E-state index contributed by atoms with van der Waals surface area (Å²) in [7, 11) is 0. The molecule has 34 heavy (non-hydrogen) atoms. The number of carbonyl (C=O) groups is 2. The van der Waals surface area contributed by atoms with Crippen LogP contribution in [0, 0.1) is 5.92 Å². The van der Waals surface area contributed by atoms with Crippen LogP contribution in [0.2, 0.25) is 0 Å². The first-order valence-corrected chi connectivity index (χ1v) is 11.5. The van der Waals surface area contributed by atoms with E-state index in [1.54, 1.807) is 20.0 Å². The van der Waals surface area contributed by atoms with Crippen LogP contribution in [0.25, 0.3) is 22.6 Å². The molecule has 1 saturated carbocycles. The van der Waals surface area contributed by atoms with E-state index in [1.807, 2.05) is 6.07 Å². The number of aromatic amines is 2. The van der Waals surface area contributed by atoms with Crippen LogP contribution in [0.15, 0.2) is 24.4 Å². The highest BCUT2D eigenvalue weighted by molar-refractivity contribution is 5.93. The summed E-state index contributed by atoms with van der Waals surface area (Å²) in [5, 5.41) is 20.7. The van der Waals surface area contributed by atoms with Crippen LogP contribution in [0.5, 0.6) is 0 Å². The van der Waals surface area contributed by atoms with Crippen molar-refractivity contribution in [3.63, 3.8) is 0 Å². The predicted octanol–water partition coefficient (Wildman–Crippen LogP) is 2.80. The second-order valence-electron chi connectivity index (χ2n) is 8.85. The number of amides is 2. The van der Waals surface area contributed by atoms with E-state index in [0.29, 0.717) is 23.2 Å². The molecule has 1 aromatic carbocycles. The van der Waals surface area contributed by atoms with Crippen molar-refractivity contribution < 1.29 is 19.4 Å². The van der Waals surface area contributed by atoms with Crippen LogP contribution in [-0.4, -0.2) is 74.5 Å². The molecular formula is C23H31N7O4. The van der Waals surface area contributed by atoms with Gasteiger partial charge in [0.05, 0.1) is 42.0 Å². The van der Waals surface area contributed by atoms with Gasteiger partial charge >= 0.3 is 12.0 Å². The number of rotatable bonds is 6. The molecular weight excluding hydrogens is 438 g/mol. The Morgan fingerprint density at radius 3 is 2.68 bits per heavy atom. The molecule has 2 amide bonds. The molecule has 3 heterocycles. The number of hydrogen-bond acceptors (Lipinski definition) is 6. The van der Waals surface area contributed by atoms with Gasteiger partial charge in [0.1, 0.15) is 5.69 Å². The summed E-state index contributed by atoms with van der Waals surface area (Å²) in [5.74, 6) is -0.322. The van der Waals surface area contributed by atoms with Crippen molar-refractivity contribution in [3.8, 4) is 11.5 Å². The first-order valence-electron chi connectivity index (χ1n) is 11.5. The molecule has 2 aromatic heterocycles. The summed E-state index contributed by atoms with van der Waals surface area (Å²) in [6.45, 7) is 7.67. The average Bonchev–Trinajstić information content (AvgIpc) is 3.33. The molecule has 1 aliphatic heterocycles. The molecule has 0 radical (unpaired) electrons. The van der Waals surface area contributed by atoms with E-state index in [9.17, 15) is 9.59 Å². The largest absolute Gasteiger partial charge is 0.481 e. The number of nitrogens with zero attached hydrogens (tertiary/aromatic N) is 3. The molecule has 11 heteroatoms. The number of anilines is 1. The van der Waals surface area contributed by atoms with Crippen molar-refractivity contribution in [1.29, 1.82) is 0 Å². The van der Waals surface area contributed by atoms with Crippen molar-refractivity contribution in [1.82, 2.24) is 30.4 Å². The van der Waals surface area contributed by atoms with E-state index < -0.39 is 5.97 Å². The van der Waals surface area contributed by atoms with Gasteiger partial charge in [-0.25, -0.2) is 9.78 Å². The summed E-state index contributed by atoms with van der Waals surface area (Å²) >= 11 is 0. The molecule has 0 atom stereocenters. The molecule has 5 N–H and O–H groups in total. The van der Waals surface area contributed by atoms with Gasteiger partial charge in [-0.05, 0) is 30.5 Å². The monoisotopic (exact) mass is 469 g/mol. The second kappa shape index (κ2) is 10.7.